The Morgan fingerprint density at radius 2 is 1.48 bits per heavy atom. The van der Waals surface area contributed by atoms with Crippen LogP contribution in [0.4, 0.5) is 4.39 Å². The third kappa shape index (κ3) is 5.74. The molecule has 4 nitrogen and oxygen atoms in total. The highest BCUT2D eigenvalue weighted by molar-refractivity contribution is 9.10. The highest BCUT2D eigenvalue weighted by atomic mass is 79.9. The Hall–Kier alpha value is -2.99. The van der Waals surface area contributed by atoms with Crippen molar-refractivity contribution in [1.29, 1.82) is 0 Å². The summed E-state index contributed by atoms with van der Waals surface area (Å²) in [4.78, 5) is 24.7. The number of benzene rings is 3. The molecule has 3 rings (SSSR count). The lowest BCUT2D eigenvalue weighted by Crippen LogP contribution is -2.33. The molecule has 0 heterocycles. The Labute approximate surface area is 177 Å². The maximum absolute atomic E-state index is 13.4. The number of nitrogens with one attached hydrogen (secondary N) is 2. The van der Waals surface area contributed by atoms with Gasteiger partial charge >= 0.3 is 0 Å². The molecule has 0 bridgehead atoms. The first kappa shape index (κ1) is 20.7. The lowest BCUT2D eigenvalue weighted by atomic mass is 9.98. The molecule has 3 aromatic carbocycles. The number of hydrogen-bond donors (Lipinski definition) is 2. The molecule has 6 heteroatoms. The summed E-state index contributed by atoms with van der Waals surface area (Å²) in [5, 5.41) is 5.68. The summed E-state index contributed by atoms with van der Waals surface area (Å²) in [6.07, 6.45) is 0.106. The topological polar surface area (TPSA) is 58.2 Å². The fourth-order valence-corrected chi connectivity index (χ4v) is 3.37. The smallest absolute Gasteiger partial charge is 0.252 e. The number of hydrogen-bond acceptors (Lipinski definition) is 2. The summed E-state index contributed by atoms with van der Waals surface area (Å²) in [7, 11) is 0. The summed E-state index contributed by atoms with van der Waals surface area (Å²) >= 11 is 3.23. The highest BCUT2D eigenvalue weighted by Crippen LogP contribution is 2.22. The molecule has 0 aromatic heterocycles. The van der Waals surface area contributed by atoms with Gasteiger partial charge in [-0.15, -0.1) is 0 Å². The Bertz CT molecular complexity index is 941. The molecule has 0 saturated carbocycles. The first-order valence-corrected chi connectivity index (χ1v) is 9.96. The van der Waals surface area contributed by atoms with Crippen LogP contribution in [0, 0.1) is 5.82 Å². The zero-order valence-electron chi connectivity index (χ0n) is 15.6. The van der Waals surface area contributed by atoms with E-state index in [4.69, 9.17) is 0 Å². The second-order valence-electron chi connectivity index (χ2n) is 6.45. The van der Waals surface area contributed by atoms with Crippen molar-refractivity contribution >= 4 is 27.7 Å². The van der Waals surface area contributed by atoms with Crippen LogP contribution in [0.15, 0.2) is 83.3 Å². The average Bonchev–Trinajstić information content (AvgIpc) is 2.75. The van der Waals surface area contributed by atoms with Crippen LogP contribution in [0.2, 0.25) is 0 Å². The van der Waals surface area contributed by atoms with Gasteiger partial charge in [-0.3, -0.25) is 9.59 Å². The van der Waals surface area contributed by atoms with E-state index in [0.717, 1.165) is 17.2 Å². The number of carbonyl (C=O) groups is 2. The third-order valence-electron chi connectivity index (χ3n) is 4.38. The number of amides is 2. The van der Waals surface area contributed by atoms with Gasteiger partial charge in [0.2, 0.25) is 5.91 Å². The highest BCUT2D eigenvalue weighted by Gasteiger charge is 2.17. The quantitative estimate of drug-likeness (QED) is 0.547. The molecule has 0 unspecified atom stereocenters. The molecule has 0 radical (unpaired) electrons. The minimum Gasteiger partial charge on any atom is -0.351 e. The molecule has 148 valence electrons. The van der Waals surface area contributed by atoms with Gasteiger partial charge in [0.25, 0.3) is 5.91 Å². The number of carbonyl (C=O) groups excluding carboxylic acids is 2. The molecule has 0 aliphatic heterocycles. The minimum absolute atomic E-state index is 0.106. The van der Waals surface area contributed by atoms with Gasteiger partial charge in [-0.2, -0.15) is 0 Å². The predicted molar refractivity (Wildman–Crippen MR) is 114 cm³/mol. The zero-order chi connectivity index (χ0) is 20.6. The summed E-state index contributed by atoms with van der Waals surface area (Å²) in [6.45, 7) is 0.143. The van der Waals surface area contributed by atoms with Crippen LogP contribution in [0.1, 0.15) is 33.9 Å². The Morgan fingerprint density at radius 3 is 2.07 bits per heavy atom. The summed E-state index contributed by atoms with van der Waals surface area (Å²) < 4.78 is 13.9. The van der Waals surface area contributed by atoms with Crippen LogP contribution in [0.3, 0.4) is 0 Å². The molecule has 2 N–H and O–H groups in total. The molecule has 0 atom stereocenters. The standard InChI is InChI=1S/C23H20BrFN2O2/c24-20-12-11-18(25)15-19(20)23(29)26-14-13-21(28)27-22(16-7-3-1-4-8-16)17-9-5-2-6-10-17/h1-12,15,22H,13-14H2,(H,26,29)(H,27,28). The van der Waals surface area contributed by atoms with E-state index in [1.54, 1.807) is 0 Å². The second kappa shape index (κ2) is 9.98. The second-order valence-corrected chi connectivity index (χ2v) is 7.31. The van der Waals surface area contributed by atoms with E-state index < -0.39 is 11.7 Å². The van der Waals surface area contributed by atoms with E-state index in [2.05, 4.69) is 26.6 Å². The number of halogens is 2. The molecule has 0 spiro atoms. The van der Waals surface area contributed by atoms with Crippen LogP contribution in [-0.2, 0) is 4.79 Å². The summed E-state index contributed by atoms with van der Waals surface area (Å²) in [5.74, 6) is -1.13. The monoisotopic (exact) mass is 454 g/mol. The first-order chi connectivity index (χ1) is 14.0. The fourth-order valence-electron chi connectivity index (χ4n) is 2.94. The first-order valence-electron chi connectivity index (χ1n) is 9.17. The molecular weight excluding hydrogens is 435 g/mol. The molecule has 0 aliphatic rings. The molecule has 0 saturated heterocycles. The van der Waals surface area contributed by atoms with E-state index in [-0.39, 0.29) is 30.5 Å². The summed E-state index contributed by atoms with van der Waals surface area (Å²) in [6, 6.07) is 23.0. The molecular formula is C23H20BrFN2O2. The zero-order valence-corrected chi connectivity index (χ0v) is 17.2. The van der Waals surface area contributed by atoms with Crippen molar-refractivity contribution < 1.29 is 14.0 Å². The molecule has 0 aliphatic carbocycles. The Balaban J connectivity index is 1.61. The Kier molecular flexibility index (Phi) is 7.14. The van der Waals surface area contributed by atoms with E-state index >= 15 is 0 Å². The van der Waals surface area contributed by atoms with E-state index in [1.165, 1.54) is 12.1 Å². The van der Waals surface area contributed by atoms with Crippen LogP contribution in [0.25, 0.3) is 0 Å². The summed E-state index contributed by atoms with van der Waals surface area (Å²) in [5.41, 5.74) is 2.14. The van der Waals surface area contributed by atoms with Gasteiger partial charge < -0.3 is 10.6 Å². The van der Waals surface area contributed by atoms with Crippen molar-refractivity contribution in [1.82, 2.24) is 10.6 Å². The van der Waals surface area contributed by atoms with E-state index in [0.29, 0.717) is 4.47 Å². The van der Waals surface area contributed by atoms with Gasteiger partial charge in [0.05, 0.1) is 11.6 Å². The van der Waals surface area contributed by atoms with Crippen LogP contribution in [-0.4, -0.2) is 18.4 Å². The van der Waals surface area contributed by atoms with Crippen LogP contribution in [0.5, 0.6) is 0 Å². The molecule has 2 amide bonds. The average molecular weight is 455 g/mol. The maximum Gasteiger partial charge on any atom is 0.252 e. The van der Waals surface area contributed by atoms with Gasteiger partial charge in [0.15, 0.2) is 0 Å². The van der Waals surface area contributed by atoms with Gasteiger partial charge in [0.1, 0.15) is 5.82 Å². The van der Waals surface area contributed by atoms with Crippen molar-refractivity contribution in [3.63, 3.8) is 0 Å². The lowest BCUT2D eigenvalue weighted by Gasteiger charge is -2.20. The maximum atomic E-state index is 13.4. The normalized spacial score (nSPS) is 10.6. The van der Waals surface area contributed by atoms with Gasteiger partial charge in [-0.1, -0.05) is 60.7 Å². The van der Waals surface area contributed by atoms with E-state index in [9.17, 15) is 14.0 Å². The predicted octanol–water partition coefficient (Wildman–Crippen LogP) is 4.61. The van der Waals surface area contributed by atoms with Crippen molar-refractivity contribution in [3.05, 3.63) is 106 Å². The van der Waals surface area contributed by atoms with Crippen molar-refractivity contribution in [2.75, 3.05) is 6.54 Å². The van der Waals surface area contributed by atoms with Gasteiger partial charge in [-0.25, -0.2) is 4.39 Å². The molecule has 29 heavy (non-hydrogen) atoms. The van der Waals surface area contributed by atoms with Gasteiger partial charge in [-0.05, 0) is 45.3 Å². The SMILES string of the molecule is O=C(CCNC(=O)c1cc(F)ccc1Br)NC(c1ccccc1)c1ccccc1. The fraction of sp³-hybridized carbons (Fsp3) is 0.130. The third-order valence-corrected chi connectivity index (χ3v) is 5.07. The van der Waals surface area contributed by atoms with Crippen molar-refractivity contribution in [2.45, 2.75) is 12.5 Å². The number of rotatable bonds is 7. The largest absolute Gasteiger partial charge is 0.351 e. The Morgan fingerprint density at radius 1 is 0.897 bits per heavy atom. The van der Waals surface area contributed by atoms with Crippen LogP contribution >= 0.6 is 15.9 Å². The molecule has 3 aromatic rings. The minimum atomic E-state index is -0.496. The van der Waals surface area contributed by atoms with Crippen LogP contribution < -0.4 is 10.6 Å². The van der Waals surface area contributed by atoms with Crippen molar-refractivity contribution in [3.8, 4) is 0 Å². The van der Waals surface area contributed by atoms with E-state index in [1.807, 2.05) is 60.7 Å². The molecule has 0 fully saturated rings. The van der Waals surface area contributed by atoms with Gasteiger partial charge in [0, 0.05) is 17.4 Å². The lowest BCUT2D eigenvalue weighted by molar-refractivity contribution is -0.121. The van der Waals surface area contributed by atoms with Crippen molar-refractivity contribution in [2.24, 2.45) is 0 Å².